The SMILES string of the molecule is Cc1ccc(-n2c(C3C(=O)c4cc5c(cc4C3=O)C(=O)N(c3cccc(C4=CC=CC4)c3)C5=O)nc3ccccc3c2=O)cc1. The van der Waals surface area contributed by atoms with Crippen molar-refractivity contribution in [3.63, 3.8) is 0 Å². The summed E-state index contributed by atoms with van der Waals surface area (Å²) in [5.41, 5.74) is 3.91. The zero-order valence-corrected chi connectivity index (χ0v) is 24.0. The molecule has 1 aromatic heterocycles. The fourth-order valence-corrected chi connectivity index (χ4v) is 6.39. The fraction of sp³-hybridized carbons (Fsp3) is 0.0811. The number of hydrogen-bond donors (Lipinski definition) is 0. The third kappa shape index (κ3) is 3.92. The Morgan fingerprint density at radius 1 is 0.711 bits per heavy atom. The molecule has 2 aliphatic carbocycles. The van der Waals surface area contributed by atoms with Crippen LogP contribution in [0.15, 0.2) is 108 Å². The van der Waals surface area contributed by atoms with Crippen molar-refractivity contribution in [3.05, 3.63) is 153 Å². The second-order valence-electron chi connectivity index (χ2n) is 11.4. The first kappa shape index (κ1) is 26.6. The van der Waals surface area contributed by atoms with E-state index in [1.807, 2.05) is 43.4 Å². The lowest BCUT2D eigenvalue weighted by Crippen LogP contribution is -2.30. The third-order valence-corrected chi connectivity index (χ3v) is 8.68. The monoisotopic (exact) mass is 589 g/mol. The Morgan fingerprint density at radius 2 is 1.40 bits per heavy atom. The van der Waals surface area contributed by atoms with Crippen LogP contribution in [-0.4, -0.2) is 32.9 Å². The quantitative estimate of drug-likeness (QED) is 0.188. The number of ketones is 2. The topological polar surface area (TPSA) is 106 Å². The molecule has 0 saturated carbocycles. The lowest BCUT2D eigenvalue weighted by atomic mass is 10.0. The van der Waals surface area contributed by atoms with Gasteiger partial charge in [-0.3, -0.25) is 28.5 Å². The summed E-state index contributed by atoms with van der Waals surface area (Å²) in [5.74, 6) is -3.74. The Balaban J connectivity index is 1.22. The van der Waals surface area contributed by atoms with Gasteiger partial charge >= 0.3 is 0 Å². The standard InChI is InChI=1S/C37H23N3O5/c1-20-13-15-23(16-14-20)39-34(38-30-12-5-4-11-25(30)35(39)43)31-32(41)26-18-28-29(19-27(26)33(31)42)37(45)40(36(28)44)24-10-6-9-22(17-24)21-7-2-3-8-21/h2-7,9-19,31H,8H2,1H3. The molecule has 0 N–H and O–H groups in total. The number of para-hydroxylation sites is 1. The minimum atomic E-state index is -1.42. The number of imide groups is 1. The Kier molecular flexibility index (Phi) is 5.76. The molecule has 216 valence electrons. The highest BCUT2D eigenvalue weighted by Crippen LogP contribution is 2.39. The maximum atomic E-state index is 14.0. The molecule has 4 aromatic carbocycles. The normalized spacial score (nSPS) is 15.8. The van der Waals surface area contributed by atoms with Crippen LogP contribution in [0.4, 0.5) is 5.69 Å². The van der Waals surface area contributed by atoms with E-state index >= 15 is 0 Å². The van der Waals surface area contributed by atoms with Crippen molar-refractivity contribution in [1.82, 2.24) is 9.55 Å². The van der Waals surface area contributed by atoms with Gasteiger partial charge in [0, 0.05) is 11.1 Å². The van der Waals surface area contributed by atoms with Crippen molar-refractivity contribution in [2.24, 2.45) is 0 Å². The number of carbonyl (C=O) groups is 4. The number of anilines is 1. The molecule has 2 heterocycles. The smallest absolute Gasteiger partial charge is 0.266 e. The van der Waals surface area contributed by atoms with Crippen LogP contribution in [0.2, 0.25) is 0 Å². The van der Waals surface area contributed by atoms with Gasteiger partial charge in [-0.25, -0.2) is 9.88 Å². The summed E-state index contributed by atoms with van der Waals surface area (Å²) in [5, 5.41) is 0.344. The number of Topliss-reactive ketones (excluding diaryl/α,β-unsaturated/α-hetero) is 2. The van der Waals surface area contributed by atoms with Crippen LogP contribution in [0.5, 0.6) is 0 Å². The summed E-state index contributed by atoms with van der Waals surface area (Å²) in [6, 6.07) is 23.8. The summed E-state index contributed by atoms with van der Waals surface area (Å²) < 4.78 is 1.31. The van der Waals surface area contributed by atoms with E-state index in [4.69, 9.17) is 0 Å². The number of carbonyl (C=O) groups excluding carboxylic acids is 4. The average Bonchev–Trinajstić information content (AvgIpc) is 3.74. The van der Waals surface area contributed by atoms with Gasteiger partial charge < -0.3 is 0 Å². The van der Waals surface area contributed by atoms with Gasteiger partial charge in [0.25, 0.3) is 17.4 Å². The molecule has 0 atom stereocenters. The van der Waals surface area contributed by atoms with Crippen LogP contribution in [0.3, 0.4) is 0 Å². The van der Waals surface area contributed by atoms with Gasteiger partial charge in [-0.2, -0.15) is 0 Å². The van der Waals surface area contributed by atoms with Crippen LogP contribution in [-0.2, 0) is 0 Å². The van der Waals surface area contributed by atoms with Crippen LogP contribution in [0.25, 0.3) is 22.2 Å². The van der Waals surface area contributed by atoms with E-state index in [1.54, 1.807) is 54.6 Å². The molecular weight excluding hydrogens is 566 g/mol. The van der Waals surface area contributed by atoms with Gasteiger partial charge in [0.05, 0.1) is 33.4 Å². The maximum absolute atomic E-state index is 14.0. The van der Waals surface area contributed by atoms with Gasteiger partial charge in [-0.1, -0.05) is 60.2 Å². The molecule has 0 radical (unpaired) electrons. The van der Waals surface area contributed by atoms with E-state index < -0.39 is 34.9 Å². The van der Waals surface area contributed by atoms with Gasteiger partial charge in [-0.15, -0.1) is 0 Å². The molecule has 45 heavy (non-hydrogen) atoms. The van der Waals surface area contributed by atoms with Crippen LogP contribution >= 0.6 is 0 Å². The van der Waals surface area contributed by atoms with Crippen molar-refractivity contribution >= 4 is 45.5 Å². The highest BCUT2D eigenvalue weighted by atomic mass is 16.2. The van der Waals surface area contributed by atoms with E-state index in [-0.39, 0.29) is 28.1 Å². The number of aromatic nitrogens is 2. The van der Waals surface area contributed by atoms with Gasteiger partial charge in [0.1, 0.15) is 11.7 Å². The predicted octanol–water partition coefficient (Wildman–Crippen LogP) is 6.00. The first-order chi connectivity index (χ1) is 21.8. The molecule has 0 bridgehead atoms. The first-order valence-corrected chi connectivity index (χ1v) is 14.5. The lowest BCUT2D eigenvalue weighted by Gasteiger charge is -2.17. The summed E-state index contributed by atoms with van der Waals surface area (Å²) in [6.45, 7) is 1.91. The minimum Gasteiger partial charge on any atom is -0.293 e. The van der Waals surface area contributed by atoms with Crippen molar-refractivity contribution in [1.29, 1.82) is 0 Å². The predicted molar refractivity (Wildman–Crippen MR) is 169 cm³/mol. The highest BCUT2D eigenvalue weighted by Gasteiger charge is 2.46. The molecule has 0 unspecified atom stereocenters. The van der Waals surface area contributed by atoms with Crippen LogP contribution < -0.4 is 10.5 Å². The van der Waals surface area contributed by atoms with Crippen molar-refractivity contribution in [2.45, 2.75) is 19.3 Å². The molecule has 0 spiro atoms. The number of rotatable bonds is 4. The number of hydrogen-bond acceptors (Lipinski definition) is 6. The molecule has 3 aliphatic rings. The fourth-order valence-electron chi connectivity index (χ4n) is 6.39. The Labute approximate surface area is 256 Å². The molecule has 2 amide bonds. The number of aryl methyl sites for hydroxylation is 1. The molecule has 0 saturated heterocycles. The van der Waals surface area contributed by atoms with Gasteiger partial charge in [-0.05, 0) is 73.0 Å². The first-order valence-electron chi connectivity index (χ1n) is 14.5. The average molecular weight is 590 g/mol. The molecule has 5 aromatic rings. The zero-order valence-electron chi connectivity index (χ0n) is 24.0. The van der Waals surface area contributed by atoms with E-state index in [2.05, 4.69) is 4.98 Å². The minimum absolute atomic E-state index is 0.0132. The second kappa shape index (κ2) is 9.75. The second-order valence-corrected chi connectivity index (χ2v) is 11.4. The number of nitrogens with zero attached hydrogens (tertiary/aromatic N) is 3. The van der Waals surface area contributed by atoms with Gasteiger partial charge in [0.15, 0.2) is 11.6 Å². The number of allylic oxidation sites excluding steroid dienone is 4. The molecular formula is C37H23N3O5. The van der Waals surface area contributed by atoms with Crippen molar-refractivity contribution in [2.75, 3.05) is 4.90 Å². The maximum Gasteiger partial charge on any atom is 0.266 e. The summed E-state index contributed by atoms with van der Waals surface area (Å²) >= 11 is 0. The van der Waals surface area contributed by atoms with E-state index in [0.29, 0.717) is 22.3 Å². The molecule has 8 rings (SSSR count). The Morgan fingerprint density at radius 3 is 2.07 bits per heavy atom. The lowest BCUT2D eigenvalue weighted by molar-refractivity contribution is 0.0881. The van der Waals surface area contributed by atoms with Crippen molar-refractivity contribution in [3.8, 4) is 5.69 Å². The van der Waals surface area contributed by atoms with E-state index in [0.717, 1.165) is 28.0 Å². The highest BCUT2D eigenvalue weighted by molar-refractivity contribution is 6.37. The van der Waals surface area contributed by atoms with E-state index in [9.17, 15) is 24.0 Å². The molecule has 1 aliphatic heterocycles. The summed E-state index contributed by atoms with van der Waals surface area (Å²) in [6.07, 6.45) is 6.73. The third-order valence-electron chi connectivity index (χ3n) is 8.68. The summed E-state index contributed by atoms with van der Waals surface area (Å²) in [4.78, 5) is 74.9. The zero-order chi connectivity index (χ0) is 31.0. The number of benzene rings is 4. The Hall–Kier alpha value is -6.02. The largest absolute Gasteiger partial charge is 0.293 e. The molecule has 8 nitrogen and oxygen atoms in total. The Bertz CT molecular complexity index is 2250. The number of amides is 2. The summed E-state index contributed by atoms with van der Waals surface area (Å²) in [7, 11) is 0. The van der Waals surface area contributed by atoms with Gasteiger partial charge in [0.2, 0.25) is 0 Å². The number of fused-ring (bicyclic) bond motifs is 3. The van der Waals surface area contributed by atoms with Crippen molar-refractivity contribution < 1.29 is 19.2 Å². The van der Waals surface area contributed by atoms with E-state index in [1.165, 1.54) is 16.7 Å². The van der Waals surface area contributed by atoms with Crippen LogP contribution in [0, 0.1) is 6.92 Å². The molecule has 8 heteroatoms. The molecule has 0 fully saturated rings. The van der Waals surface area contributed by atoms with Crippen LogP contribution in [0.1, 0.15) is 70.7 Å².